The predicted molar refractivity (Wildman–Crippen MR) is 105 cm³/mol. The number of amides is 1. The molecule has 1 aromatic carbocycles. The van der Waals surface area contributed by atoms with Gasteiger partial charge in [0, 0.05) is 17.2 Å². The molecule has 1 aliphatic carbocycles. The summed E-state index contributed by atoms with van der Waals surface area (Å²) in [5, 5.41) is 2.56. The van der Waals surface area contributed by atoms with Gasteiger partial charge in [0.05, 0.1) is 12.6 Å². The van der Waals surface area contributed by atoms with Crippen molar-refractivity contribution in [1.82, 2.24) is 5.32 Å². The molecule has 0 spiro atoms. The normalized spacial score (nSPS) is 28.1. The van der Waals surface area contributed by atoms with E-state index < -0.39 is 45.5 Å². The molecule has 1 amide bonds. The summed E-state index contributed by atoms with van der Waals surface area (Å²) in [6.07, 6.45) is -0.455. The number of methoxy groups -OCH3 is 1. The van der Waals surface area contributed by atoms with E-state index in [1.165, 1.54) is 13.2 Å². The topological polar surface area (TPSA) is 103 Å². The smallest absolute Gasteiger partial charge is 0.413 e. The second kappa shape index (κ2) is 6.86. The van der Waals surface area contributed by atoms with Crippen LogP contribution in [0.25, 0.3) is 0 Å². The summed E-state index contributed by atoms with van der Waals surface area (Å²) in [6.45, 7) is 6.68. The Bertz CT molecular complexity index is 917. The summed E-state index contributed by atoms with van der Waals surface area (Å²) in [6, 6.07) is 2.17. The van der Waals surface area contributed by atoms with Gasteiger partial charge < -0.3 is 15.2 Å². The molecule has 7 nitrogen and oxygen atoms in total. The third kappa shape index (κ3) is 3.77. The number of esters is 1. The molecule has 158 valence electrons. The number of alkyl carbamates (subject to hydrolysis) is 1. The number of halogens is 2. The molecule has 1 fully saturated rings. The molecule has 10 heteroatoms. The number of benzene rings is 1. The standard InChI is InChI=1S/C19H23F2N3O4S/c1-17(2,3)28-16(26)23-15-24-18(4,10-6-9(22)7-11(20)13(10)21)12-8-19(12,29-15)14(25)27-5/h6-7,12H,8,22H2,1-5H3,(H,23,24,26)/t12-,18+,19-/m0/s1. The van der Waals surface area contributed by atoms with E-state index in [9.17, 15) is 18.4 Å². The minimum Gasteiger partial charge on any atom is -0.468 e. The van der Waals surface area contributed by atoms with Crippen LogP contribution in [0.3, 0.4) is 0 Å². The number of nitrogens with one attached hydrogen (secondary N) is 1. The lowest BCUT2D eigenvalue weighted by Gasteiger charge is -2.34. The third-order valence-corrected chi connectivity index (χ3v) is 6.30. The quantitative estimate of drug-likeness (QED) is 0.554. The maximum absolute atomic E-state index is 14.7. The molecule has 1 heterocycles. The fourth-order valence-corrected chi connectivity index (χ4v) is 5.11. The second-order valence-corrected chi connectivity index (χ2v) is 9.61. The Balaban J connectivity index is 2.05. The van der Waals surface area contributed by atoms with Gasteiger partial charge >= 0.3 is 12.1 Å². The molecule has 0 saturated heterocycles. The maximum Gasteiger partial charge on any atom is 0.413 e. The van der Waals surface area contributed by atoms with E-state index in [0.717, 1.165) is 17.8 Å². The van der Waals surface area contributed by atoms with Crippen molar-refractivity contribution in [2.45, 2.75) is 50.0 Å². The van der Waals surface area contributed by atoms with E-state index >= 15 is 0 Å². The van der Waals surface area contributed by atoms with Crippen LogP contribution in [-0.4, -0.2) is 34.7 Å². The van der Waals surface area contributed by atoms with Crippen molar-refractivity contribution in [3.8, 4) is 0 Å². The number of amidine groups is 1. The van der Waals surface area contributed by atoms with Gasteiger partial charge in [0.15, 0.2) is 16.8 Å². The third-order valence-electron chi connectivity index (χ3n) is 4.94. The van der Waals surface area contributed by atoms with Gasteiger partial charge in [0.1, 0.15) is 10.3 Å². The summed E-state index contributed by atoms with van der Waals surface area (Å²) in [7, 11) is 1.25. The summed E-state index contributed by atoms with van der Waals surface area (Å²) in [4.78, 5) is 29.2. The number of carbonyl (C=O) groups excluding carboxylic acids is 2. The Morgan fingerprint density at radius 1 is 1.34 bits per heavy atom. The van der Waals surface area contributed by atoms with E-state index in [2.05, 4.69) is 10.3 Å². The molecule has 0 aromatic heterocycles. The van der Waals surface area contributed by atoms with E-state index in [1.54, 1.807) is 27.7 Å². The van der Waals surface area contributed by atoms with Crippen molar-refractivity contribution in [2.24, 2.45) is 10.9 Å². The molecule has 2 aliphatic rings. The van der Waals surface area contributed by atoms with Crippen LogP contribution in [0, 0.1) is 17.6 Å². The Morgan fingerprint density at radius 3 is 2.59 bits per heavy atom. The molecular formula is C19H23F2N3O4S. The fourth-order valence-electron chi connectivity index (χ4n) is 3.60. The molecule has 3 atom stereocenters. The van der Waals surface area contributed by atoms with E-state index in [4.69, 9.17) is 15.2 Å². The Morgan fingerprint density at radius 2 is 2.00 bits per heavy atom. The Hall–Kier alpha value is -2.36. The van der Waals surface area contributed by atoms with E-state index in [0.29, 0.717) is 6.42 Å². The molecule has 1 aromatic rings. The van der Waals surface area contributed by atoms with Crippen molar-refractivity contribution in [1.29, 1.82) is 0 Å². The summed E-state index contributed by atoms with van der Waals surface area (Å²) < 4.78 is 37.8. The lowest BCUT2D eigenvalue weighted by Crippen LogP contribution is -2.44. The zero-order valence-corrected chi connectivity index (χ0v) is 17.6. The van der Waals surface area contributed by atoms with Gasteiger partial charge in [-0.05, 0) is 46.2 Å². The average molecular weight is 427 g/mol. The molecule has 0 bridgehead atoms. The lowest BCUT2D eigenvalue weighted by atomic mass is 9.85. The molecular weight excluding hydrogens is 404 g/mol. The van der Waals surface area contributed by atoms with E-state index in [-0.39, 0.29) is 16.4 Å². The first-order chi connectivity index (χ1) is 13.3. The number of fused-ring (bicyclic) bond motifs is 1. The first-order valence-electron chi connectivity index (χ1n) is 8.94. The minimum absolute atomic E-state index is 0.0273. The highest BCUT2D eigenvalue weighted by Gasteiger charge is 2.72. The molecule has 0 radical (unpaired) electrons. The Labute approximate surface area is 171 Å². The van der Waals surface area contributed by atoms with Crippen LogP contribution in [0.4, 0.5) is 19.3 Å². The number of nitrogens with zero attached hydrogens (tertiary/aromatic N) is 1. The molecule has 1 aliphatic heterocycles. The first-order valence-corrected chi connectivity index (χ1v) is 9.76. The molecule has 0 unspecified atom stereocenters. The molecule has 1 saturated carbocycles. The number of nitrogens with two attached hydrogens (primary N) is 1. The number of carbonyl (C=O) groups is 2. The van der Waals surface area contributed by atoms with E-state index in [1.807, 2.05) is 0 Å². The predicted octanol–water partition coefficient (Wildman–Crippen LogP) is 3.32. The van der Waals surface area contributed by atoms with Crippen LogP contribution >= 0.6 is 11.8 Å². The monoisotopic (exact) mass is 427 g/mol. The van der Waals surface area contributed by atoms with Crippen molar-refractivity contribution >= 4 is 34.7 Å². The largest absolute Gasteiger partial charge is 0.468 e. The average Bonchev–Trinajstić information content (AvgIpc) is 3.32. The van der Waals surface area contributed by atoms with Gasteiger partial charge in [-0.25, -0.2) is 13.6 Å². The fraction of sp³-hybridized carbons (Fsp3) is 0.526. The van der Waals surface area contributed by atoms with Crippen molar-refractivity contribution < 1.29 is 27.8 Å². The number of anilines is 1. The minimum atomic E-state index is -1.34. The van der Waals surface area contributed by atoms with Gasteiger partial charge in [-0.1, -0.05) is 11.8 Å². The summed E-state index contributed by atoms with van der Waals surface area (Å²) in [5.41, 5.74) is 3.56. The number of hydrogen-bond acceptors (Lipinski definition) is 7. The van der Waals surface area contributed by atoms with Crippen LogP contribution in [0.2, 0.25) is 0 Å². The highest BCUT2D eigenvalue weighted by molar-refractivity contribution is 8.16. The highest BCUT2D eigenvalue weighted by Crippen LogP contribution is 2.66. The van der Waals surface area contributed by atoms with Gasteiger partial charge in [0.2, 0.25) is 0 Å². The van der Waals surface area contributed by atoms with Crippen LogP contribution < -0.4 is 11.1 Å². The van der Waals surface area contributed by atoms with Gasteiger partial charge in [-0.15, -0.1) is 0 Å². The van der Waals surface area contributed by atoms with Crippen molar-refractivity contribution in [3.05, 3.63) is 29.3 Å². The zero-order valence-electron chi connectivity index (χ0n) is 16.8. The van der Waals surface area contributed by atoms with Crippen LogP contribution in [0.5, 0.6) is 0 Å². The summed E-state index contributed by atoms with van der Waals surface area (Å²) >= 11 is 1.02. The molecule has 3 rings (SSSR count). The molecule has 3 N–H and O–H groups in total. The number of nitrogen functional groups attached to an aromatic ring is 1. The van der Waals surface area contributed by atoms with Crippen LogP contribution in [-0.2, 0) is 19.8 Å². The highest BCUT2D eigenvalue weighted by atomic mass is 32.2. The van der Waals surface area contributed by atoms with Gasteiger partial charge in [0.25, 0.3) is 0 Å². The van der Waals surface area contributed by atoms with Crippen LogP contribution in [0.15, 0.2) is 17.1 Å². The number of ether oxygens (including phenoxy) is 2. The number of aliphatic imine (C=N–C) groups is 1. The van der Waals surface area contributed by atoms with Crippen molar-refractivity contribution in [3.63, 3.8) is 0 Å². The number of thioether (sulfide) groups is 1. The van der Waals surface area contributed by atoms with Crippen LogP contribution in [0.1, 0.15) is 39.7 Å². The SMILES string of the molecule is COC(=O)[C@]12C[C@H]1[C@@](C)(c1cc(N)cc(F)c1F)N=C(NC(=O)OC(C)(C)C)S2. The number of rotatable bonds is 2. The zero-order chi connectivity index (χ0) is 21.8. The molecule has 29 heavy (non-hydrogen) atoms. The summed E-state index contributed by atoms with van der Waals surface area (Å²) in [5.74, 6) is -3.20. The maximum atomic E-state index is 14.7. The second-order valence-electron chi connectivity index (χ2n) is 8.30. The van der Waals surface area contributed by atoms with Gasteiger partial charge in [-0.2, -0.15) is 0 Å². The first kappa shape index (κ1) is 21.4. The number of hydrogen-bond donors (Lipinski definition) is 2. The Kier molecular flexibility index (Phi) is 5.05. The lowest BCUT2D eigenvalue weighted by molar-refractivity contribution is -0.141. The van der Waals surface area contributed by atoms with Gasteiger partial charge in [-0.3, -0.25) is 15.1 Å². The van der Waals surface area contributed by atoms with Crippen molar-refractivity contribution in [2.75, 3.05) is 12.8 Å².